The molecule has 0 aliphatic carbocycles. The average molecular weight is 363 g/mol. The molecule has 1 amide bonds. The summed E-state index contributed by atoms with van der Waals surface area (Å²) in [6, 6.07) is 15.3. The van der Waals surface area contributed by atoms with Gasteiger partial charge in [-0.2, -0.15) is 14.0 Å². The summed E-state index contributed by atoms with van der Waals surface area (Å²) in [6.45, 7) is -3.07. The molecule has 0 aromatic heterocycles. The Bertz CT molecular complexity index is 766. The van der Waals surface area contributed by atoms with Crippen molar-refractivity contribution in [2.75, 3.05) is 22.9 Å². The molecular formula is C17H15F2N3O2S. The number of carbonyl (C=O) groups is 1. The van der Waals surface area contributed by atoms with Crippen molar-refractivity contribution in [3.63, 3.8) is 0 Å². The zero-order chi connectivity index (χ0) is 18.1. The second kappa shape index (κ2) is 9.49. The lowest BCUT2D eigenvalue weighted by Crippen LogP contribution is -2.22. The van der Waals surface area contributed by atoms with Crippen molar-refractivity contribution in [1.29, 1.82) is 5.26 Å². The van der Waals surface area contributed by atoms with Crippen molar-refractivity contribution in [2.45, 2.75) is 11.5 Å². The van der Waals surface area contributed by atoms with Gasteiger partial charge in [0.2, 0.25) is 5.91 Å². The van der Waals surface area contributed by atoms with Crippen LogP contribution in [0.5, 0.6) is 5.75 Å². The quantitative estimate of drug-likeness (QED) is 0.695. The minimum Gasteiger partial charge on any atom is -0.433 e. The average Bonchev–Trinajstić information content (AvgIpc) is 2.60. The molecule has 0 unspecified atom stereocenters. The minimum absolute atomic E-state index is 0.0322. The number of thioether (sulfide) groups is 1. The second-order valence-electron chi connectivity index (χ2n) is 4.72. The van der Waals surface area contributed by atoms with Gasteiger partial charge in [0.15, 0.2) is 0 Å². The Morgan fingerprint density at radius 3 is 2.56 bits per heavy atom. The maximum atomic E-state index is 12.4. The Labute approximate surface area is 148 Å². The molecule has 0 radical (unpaired) electrons. The summed E-state index contributed by atoms with van der Waals surface area (Å²) in [5.74, 6) is -0.115. The summed E-state index contributed by atoms with van der Waals surface area (Å²) >= 11 is 1.31. The van der Waals surface area contributed by atoms with E-state index in [1.807, 2.05) is 12.1 Å². The van der Waals surface area contributed by atoms with Gasteiger partial charge in [0.25, 0.3) is 0 Å². The normalized spacial score (nSPS) is 10.2. The van der Waals surface area contributed by atoms with Gasteiger partial charge in [-0.15, -0.1) is 11.8 Å². The van der Waals surface area contributed by atoms with Crippen LogP contribution in [0.25, 0.3) is 0 Å². The highest BCUT2D eigenvalue weighted by Gasteiger charge is 2.11. The fourth-order valence-corrected chi connectivity index (χ4v) is 2.66. The Hall–Kier alpha value is -2.79. The van der Waals surface area contributed by atoms with Crippen molar-refractivity contribution >= 4 is 29.0 Å². The number of nitriles is 1. The molecule has 0 spiro atoms. The molecule has 0 aliphatic heterocycles. The van der Waals surface area contributed by atoms with Crippen LogP contribution in [0.4, 0.5) is 20.2 Å². The molecular weight excluding hydrogens is 348 g/mol. The number of halogens is 2. The molecule has 2 rings (SSSR count). The molecule has 5 nitrogen and oxygen atoms in total. The van der Waals surface area contributed by atoms with Crippen LogP contribution in [-0.2, 0) is 4.79 Å². The van der Waals surface area contributed by atoms with Crippen LogP contribution in [0, 0.1) is 11.3 Å². The highest BCUT2D eigenvalue weighted by atomic mass is 32.2. The van der Waals surface area contributed by atoms with Gasteiger partial charge in [-0.25, -0.2) is 0 Å². The van der Waals surface area contributed by atoms with Gasteiger partial charge in [-0.3, -0.25) is 4.79 Å². The number of nitrogens with one attached hydrogen (secondary N) is 2. The van der Waals surface area contributed by atoms with E-state index >= 15 is 0 Å². The van der Waals surface area contributed by atoms with Crippen LogP contribution in [0.3, 0.4) is 0 Å². The van der Waals surface area contributed by atoms with Gasteiger partial charge in [-0.1, -0.05) is 24.3 Å². The van der Waals surface area contributed by atoms with Crippen molar-refractivity contribution < 1.29 is 18.3 Å². The van der Waals surface area contributed by atoms with Gasteiger partial charge >= 0.3 is 6.61 Å². The van der Waals surface area contributed by atoms with E-state index < -0.39 is 6.61 Å². The topological polar surface area (TPSA) is 74.2 Å². The van der Waals surface area contributed by atoms with Crippen LogP contribution >= 0.6 is 11.8 Å². The SMILES string of the molecule is N#CCSc1ccccc1NC(=O)CNc1ccccc1OC(F)F. The van der Waals surface area contributed by atoms with E-state index in [0.29, 0.717) is 11.4 Å². The van der Waals surface area contributed by atoms with Crippen LogP contribution in [0.2, 0.25) is 0 Å². The Kier molecular flexibility index (Phi) is 7.04. The first kappa shape index (κ1) is 18.5. The molecule has 2 aromatic rings. The van der Waals surface area contributed by atoms with E-state index in [1.54, 1.807) is 36.4 Å². The van der Waals surface area contributed by atoms with Crippen LogP contribution in [-0.4, -0.2) is 24.8 Å². The van der Waals surface area contributed by atoms with Crippen molar-refractivity contribution in [1.82, 2.24) is 0 Å². The summed E-state index contributed by atoms with van der Waals surface area (Å²) < 4.78 is 29.2. The number of hydrogen-bond acceptors (Lipinski definition) is 5. The summed E-state index contributed by atoms with van der Waals surface area (Å²) in [7, 11) is 0. The minimum atomic E-state index is -2.94. The number of para-hydroxylation sites is 3. The highest BCUT2D eigenvalue weighted by molar-refractivity contribution is 7.99. The molecule has 0 fully saturated rings. The predicted molar refractivity (Wildman–Crippen MR) is 93.0 cm³/mol. The predicted octanol–water partition coefficient (Wildman–Crippen LogP) is 3.95. The molecule has 2 N–H and O–H groups in total. The third-order valence-corrected chi connectivity index (χ3v) is 3.94. The number of anilines is 2. The van der Waals surface area contributed by atoms with E-state index in [4.69, 9.17) is 5.26 Å². The van der Waals surface area contributed by atoms with Crippen molar-refractivity contribution in [3.8, 4) is 11.8 Å². The number of ether oxygens (including phenoxy) is 1. The number of rotatable bonds is 8. The van der Waals surface area contributed by atoms with Crippen molar-refractivity contribution in [3.05, 3.63) is 48.5 Å². The lowest BCUT2D eigenvalue weighted by molar-refractivity contribution is -0.114. The Morgan fingerprint density at radius 2 is 1.84 bits per heavy atom. The number of benzene rings is 2. The molecule has 0 saturated heterocycles. The molecule has 0 atom stereocenters. The molecule has 25 heavy (non-hydrogen) atoms. The lowest BCUT2D eigenvalue weighted by Gasteiger charge is -2.13. The molecule has 0 saturated carbocycles. The van der Waals surface area contributed by atoms with E-state index in [2.05, 4.69) is 15.4 Å². The van der Waals surface area contributed by atoms with Crippen LogP contribution < -0.4 is 15.4 Å². The molecule has 0 heterocycles. The fourth-order valence-electron chi connectivity index (χ4n) is 1.99. The second-order valence-corrected chi connectivity index (χ2v) is 5.74. The van der Waals surface area contributed by atoms with Gasteiger partial charge in [0, 0.05) is 4.90 Å². The number of carbonyl (C=O) groups excluding carboxylic acids is 1. The summed E-state index contributed by atoms with van der Waals surface area (Å²) in [4.78, 5) is 12.9. The number of hydrogen-bond donors (Lipinski definition) is 2. The highest BCUT2D eigenvalue weighted by Crippen LogP contribution is 2.27. The maximum Gasteiger partial charge on any atom is 0.387 e. The zero-order valence-electron chi connectivity index (χ0n) is 13.0. The van der Waals surface area contributed by atoms with Gasteiger partial charge in [-0.05, 0) is 24.3 Å². The molecule has 8 heteroatoms. The first-order valence-electron chi connectivity index (χ1n) is 7.26. The number of amides is 1. The van der Waals surface area contributed by atoms with E-state index in [1.165, 1.54) is 17.8 Å². The smallest absolute Gasteiger partial charge is 0.387 e. The third-order valence-electron chi connectivity index (χ3n) is 3.00. The summed E-state index contributed by atoms with van der Waals surface area (Å²) in [5.41, 5.74) is 0.886. The zero-order valence-corrected chi connectivity index (χ0v) is 13.9. The van der Waals surface area contributed by atoms with Crippen LogP contribution in [0.1, 0.15) is 0 Å². The van der Waals surface area contributed by atoms with Crippen LogP contribution in [0.15, 0.2) is 53.4 Å². The van der Waals surface area contributed by atoms with E-state index in [-0.39, 0.29) is 24.0 Å². The molecule has 0 bridgehead atoms. The number of alkyl halides is 2. The Balaban J connectivity index is 1.97. The standard InChI is InChI=1S/C17H15F2N3O2S/c18-17(19)24-14-7-3-1-5-12(14)21-11-16(23)22-13-6-2-4-8-15(13)25-10-9-20/h1-8,17,21H,10-11H2,(H,22,23). The summed E-state index contributed by atoms with van der Waals surface area (Å²) in [6.07, 6.45) is 0. The lowest BCUT2D eigenvalue weighted by atomic mass is 10.3. The van der Waals surface area contributed by atoms with Gasteiger partial charge in [0.1, 0.15) is 5.75 Å². The molecule has 0 aliphatic rings. The summed E-state index contributed by atoms with van der Waals surface area (Å²) in [5, 5.41) is 14.2. The number of nitrogens with zero attached hydrogens (tertiary/aromatic N) is 1. The van der Waals surface area contributed by atoms with E-state index in [0.717, 1.165) is 4.90 Å². The van der Waals surface area contributed by atoms with Crippen molar-refractivity contribution in [2.24, 2.45) is 0 Å². The fraction of sp³-hybridized carbons (Fsp3) is 0.176. The maximum absolute atomic E-state index is 12.4. The molecule has 2 aromatic carbocycles. The largest absolute Gasteiger partial charge is 0.433 e. The van der Waals surface area contributed by atoms with E-state index in [9.17, 15) is 13.6 Å². The first-order valence-corrected chi connectivity index (χ1v) is 8.25. The first-order chi connectivity index (χ1) is 12.1. The van der Waals surface area contributed by atoms with Gasteiger partial charge in [0.05, 0.1) is 29.7 Å². The Morgan fingerprint density at radius 1 is 1.16 bits per heavy atom. The third kappa shape index (κ3) is 5.97. The molecule has 130 valence electrons. The monoisotopic (exact) mass is 363 g/mol. The van der Waals surface area contributed by atoms with Gasteiger partial charge < -0.3 is 15.4 Å².